The Kier molecular flexibility index (Phi) is 5.00. The highest BCUT2D eigenvalue weighted by atomic mass is 32.2. The lowest BCUT2D eigenvalue weighted by Crippen LogP contribution is -2.23. The van der Waals surface area contributed by atoms with Gasteiger partial charge in [0.1, 0.15) is 0 Å². The zero-order chi connectivity index (χ0) is 14.5. The summed E-state index contributed by atoms with van der Waals surface area (Å²) in [6.07, 6.45) is 2.46. The molecule has 1 nitrogen and oxygen atoms in total. The van der Waals surface area contributed by atoms with Gasteiger partial charge in [0.2, 0.25) is 0 Å². The fourth-order valence-corrected chi connectivity index (χ4v) is 4.49. The van der Waals surface area contributed by atoms with Crippen molar-refractivity contribution in [2.24, 2.45) is 0 Å². The largest absolute Gasteiger partial charge is 0.316 e. The number of benzene rings is 2. The first kappa shape index (κ1) is 14.7. The minimum atomic E-state index is 0.609. The van der Waals surface area contributed by atoms with Crippen LogP contribution in [0, 0.1) is 0 Å². The minimum absolute atomic E-state index is 0.609. The summed E-state index contributed by atoms with van der Waals surface area (Å²) in [6.45, 7) is 4.30. The molecule has 1 N–H and O–H groups in total. The lowest BCUT2D eigenvalue weighted by Gasteiger charge is -2.21. The van der Waals surface area contributed by atoms with Gasteiger partial charge in [-0.3, -0.25) is 0 Å². The zero-order valence-electron chi connectivity index (χ0n) is 12.6. The van der Waals surface area contributed by atoms with Crippen molar-refractivity contribution in [2.45, 2.75) is 35.8 Å². The molecule has 110 valence electrons. The molecule has 0 radical (unpaired) electrons. The highest BCUT2D eigenvalue weighted by Crippen LogP contribution is 2.40. The van der Waals surface area contributed by atoms with Crippen molar-refractivity contribution in [1.29, 1.82) is 0 Å². The maximum atomic E-state index is 3.53. The van der Waals surface area contributed by atoms with Gasteiger partial charge in [-0.05, 0) is 42.5 Å². The first-order chi connectivity index (χ1) is 10.4. The maximum absolute atomic E-state index is 3.53. The third-order valence-corrected chi connectivity index (χ3v) is 5.52. The molecule has 0 aromatic heterocycles. The number of hydrogen-bond donors (Lipinski definition) is 1. The van der Waals surface area contributed by atoms with E-state index >= 15 is 0 Å². The normalized spacial score (nSPS) is 18.4. The number of hydrogen-bond acceptors (Lipinski definition) is 2. The van der Waals surface area contributed by atoms with Gasteiger partial charge in [-0.15, -0.1) is 11.8 Å². The quantitative estimate of drug-likeness (QED) is 0.843. The maximum Gasteiger partial charge on any atom is 0.0142 e. The van der Waals surface area contributed by atoms with Crippen molar-refractivity contribution in [3.05, 3.63) is 65.7 Å². The van der Waals surface area contributed by atoms with Crippen molar-refractivity contribution in [1.82, 2.24) is 5.32 Å². The van der Waals surface area contributed by atoms with Gasteiger partial charge in [0, 0.05) is 16.7 Å². The molecule has 0 bridgehead atoms. The summed E-state index contributed by atoms with van der Waals surface area (Å²) < 4.78 is 0. The molecule has 1 aliphatic rings. The molecule has 2 atom stereocenters. The number of rotatable bonds is 6. The average molecular weight is 297 g/mol. The summed E-state index contributed by atoms with van der Waals surface area (Å²) in [6, 6.07) is 19.8. The number of thioether (sulfide) groups is 1. The monoisotopic (exact) mass is 297 g/mol. The molecule has 0 saturated carbocycles. The van der Waals surface area contributed by atoms with Gasteiger partial charge in [-0.1, -0.05) is 55.5 Å². The van der Waals surface area contributed by atoms with E-state index < -0.39 is 0 Å². The molecule has 21 heavy (non-hydrogen) atoms. The molecule has 0 amide bonds. The Hall–Kier alpha value is -1.25. The molecular formula is C19H23NS. The van der Waals surface area contributed by atoms with Gasteiger partial charge in [-0.25, -0.2) is 0 Å². The molecule has 0 saturated heterocycles. The summed E-state index contributed by atoms with van der Waals surface area (Å²) in [7, 11) is 0. The molecule has 3 rings (SSSR count). The van der Waals surface area contributed by atoms with Crippen LogP contribution >= 0.6 is 11.8 Å². The van der Waals surface area contributed by atoms with Crippen LogP contribution in [0.25, 0.3) is 0 Å². The lowest BCUT2D eigenvalue weighted by atomic mass is 9.92. The standard InChI is InChI=1S/C19H23NS/c1-2-20-14-17(15-8-4-3-5-9-15)13-18-12-16-10-6-7-11-19(16)21-18/h3-11,17-18,20H,2,12-14H2,1H3. The molecule has 0 spiro atoms. The Morgan fingerprint density at radius 1 is 1.10 bits per heavy atom. The van der Waals surface area contributed by atoms with Crippen LogP contribution in [0.5, 0.6) is 0 Å². The zero-order valence-corrected chi connectivity index (χ0v) is 13.4. The van der Waals surface area contributed by atoms with E-state index in [-0.39, 0.29) is 0 Å². The van der Waals surface area contributed by atoms with E-state index in [0.717, 1.165) is 13.1 Å². The van der Waals surface area contributed by atoms with Crippen molar-refractivity contribution in [2.75, 3.05) is 13.1 Å². The van der Waals surface area contributed by atoms with Crippen LogP contribution in [0.4, 0.5) is 0 Å². The van der Waals surface area contributed by atoms with Crippen LogP contribution < -0.4 is 5.32 Å². The highest BCUT2D eigenvalue weighted by Gasteiger charge is 2.25. The topological polar surface area (TPSA) is 12.0 Å². The van der Waals surface area contributed by atoms with Gasteiger partial charge in [0.15, 0.2) is 0 Å². The van der Waals surface area contributed by atoms with Gasteiger partial charge < -0.3 is 5.32 Å². The highest BCUT2D eigenvalue weighted by molar-refractivity contribution is 8.00. The Morgan fingerprint density at radius 3 is 2.62 bits per heavy atom. The summed E-state index contributed by atoms with van der Waals surface area (Å²) in [5, 5.41) is 4.25. The fraction of sp³-hybridized carbons (Fsp3) is 0.368. The van der Waals surface area contributed by atoms with Crippen molar-refractivity contribution in [3.63, 3.8) is 0 Å². The Bertz CT molecular complexity index is 542. The molecule has 2 aromatic carbocycles. The second-order valence-electron chi connectivity index (χ2n) is 5.70. The first-order valence-corrected chi connectivity index (χ1v) is 8.75. The third kappa shape index (κ3) is 3.69. The second-order valence-corrected chi connectivity index (χ2v) is 7.04. The van der Waals surface area contributed by atoms with E-state index in [2.05, 4.69) is 78.6 Å². The molecule has 0 fully saturated rings. The van der Waals surface area contributed by atoms with E-state index in [4.69, 9.17) is 0 Å². The summed E-state index contributed by atoms with van der Waals surface area (Å²) in [4.78, 5) is 1.48. The molecule has 1 heterocycles. The minimum Gasteiger partial charge on any atom is -0.316 e. The molecule has 0 aliphatic carbocycles. The SMILES string of the molecule is CCNCC(CC1Cc2ccccc2S1)c1ccccc1. The van der Waals surface area contributed by atoms with E-state index in [9.17, 15) is 0 Å². The van der Waals surface area contributed by atoms with Gasteiger partial charge >= 0.3 is 0 Å². The fourth-order valence-electron chi connectivity index (χ4n) is 3.08. The first-order valence-electron chi connectivity index (χ1n) is 7.87. The Morgan fingerprint density at radius 2 is 1.86 bits per heavy atom. The van der Waals surface area contributed by atoms with Gasteiger partial charge in [-0.2, -0.15) is 0 Å². The van der Waals surface area contributed by atoms with Crippen LogP contribution in [0.3, 0.4) is 0 Å². The van der Waals surface area contributed by atoms with Gasteiger partial charge in [0.25, 0.3) is 0 Å². The van der Waals surface area contributed by atoms with E-state index in [0.29, 0.717) is 11.2 Å². The summed E-state index contributed by atoms with van der Waals surface area (Å²) in [5.41, 5.74) is 3.00. The van der Waals surface area contributed by atoms with Crippen molar-refractivity contribution in [3.8, 4) is 0 Å². The smallest absolute Gasteiger partial charge is 0.0142 e. The molecule has 2 heteroatoms. The van der Waals surface area contributed by atoms with Crippen LogP contribution in [-0.4, -0.2) is 18.3 Å². The average Bonchev–Trinajstić information content (AvgIpc) is 2.94. The molecule has 2 unspecified atom stereocenters. The van der Waals surface area contributed by atoms with Crippen molar-refractivity contribution < 1.29 is 0 Å². The van der Waals surface area contributed by atoms with E-state index in [1.54, 1.807) is 0 Å². The second kappa shape index (κ2) is 7.15. The van der Waals surface area contributed by atoms with Crippen LogP contribution in [0.1, 0.15) is 30.4 Å². The van der Waals surface area contributed by atoms with E-state index in [1.165, 1.54) is 28.9 Å². The van der Waals surface area contributed by atoms with Crippen molar-refractivity contribution >= 4 is 11.8 Å². The molecule has 2 aromatic rings. The number of fused-ring (bicyclic) bond motifs is 1. The summed E-state index contributed by atoms with van der Waals surface area (Å²) in [5.74, 6) is 0.609. The van der Waals surface area contributed by atoms with Crippen LogP contribution in [0.2, 0.25) is 0 Å². The van der Waals surface area contributed by atoms with E-state index in [1.807, 2.05) is 0 Å². The number of likely N-dealkylation sites (N-methyl/N-ethyl adjacent to an activating group) is 1. The lowest BCUT2D eigenvalue weighted by molar-refractivity contribution is 0.552. The molecular weight excluding hydrogens is 274 g/mol. The van der Waals surface area contributed by atoms with Crippen LogP contribution in [0.15, 0.2) is 59.5 Å². The predicted octanol–water partition coefficient (Wildman–Crippen LogP) is 4.49. The predicted molar refractivity (Wildman–Crippen MR) is 92.1 cm³/mol. The Balaban J connectivity index is 1.68. The summed E-state index contributed by atoms with van der Waals surface area (Å²) >= 11 is 2.06. The number of nitrogens with one attached hydrogen (secondary N) is 1. The van der Waals surface area contributed by atoms with Gasteiger partial charge in [0.05, 0.1) is 0 Å². The third-order valence-electron chi connectivity index (χ3n) is 4.17. The molecule has 1 aliphatic heterocycles. The van der Waals surface area contributed by atoms with Crippen LogP contribution in [-0.2, 0) is 6.42 Å². The Labute approximate surface area is 132 Å².